The summed E-state index contributed by atoms with van der Waals surface area (Å²) in [6.45, 7) is 2.76. The predicted molar refractivity (Wildman–Crippen MR) is 107 cm³/mol. The Morgan fingerprint density at radius 1 is 0.963 bits per heavy atom. The Balaban J connectivity index is 1.38. The first-order chi connectivity index (χ1) is 13.3. The first kappa shape index (κ1) is 18.2. The number of rotatable bonds is 6. The van der Waals surface area contributed by atoms with Gasteiger partial charge in [-0.1, -0.05) is 73.5 Å². The molecule has 0 unspecified atom stereocenters. The van der Waals surface area contributed by atoms with Crippen LogP contribution in [0.5, 0.6) is 0 Å². The zero-order valence-electron chi connectivity index (χ0n) is 15.9. The molecule has 0 bridgehead atoms. The quantitative estimate of drug-likeness (QED) is 0.692. The van der Waals surface area contributed by atoms with E-state index in [4.69, 9.17) is 4.74 Å². The highest BCUT2D eigenvalue weighted by Crippen LogP contribution is 2.38. The van der Waals surface area contributed by atoms with E-state index >= 15 is 0 Å². The molecule has 2 aromatic rings. The van der Waals surface area contributed by atoms with Gasteiger partial charge in [-0.15, -0.1) is 0 Å². The van der Waals surface area contributed by atoms with Crippen LogP contribution in [0.2, 0.25) is 0 Å². The second-order valence-corrected chi connectivity index (χ2v) is 8.00. The topological polar surface area (TPSA) is 29.5 Å². The Morgan fingerprint density at radius 2 is 1.63 bits per heavy atom. The van der Waals surface area contributed by atoms with Gasteiger partial charge in [-0.2, -0.15) is 0 Å². The summed E-state index contributed by atoms with van der Waals surface area (Å²) >= 11 is 0. The van der Waals surface area contributed by atoms with E-state index in [1.807, 2.05) is 24.3 Å². The second kappa shape index (κ2) is 8.71. The number of benzene rings is 2. The molecular weight excluding hydrogens is 334 g/mol. The van der Waals surface area contributed by atoms with E-state index in [1.165, 1.54) is 18.4 Å². The molecule has 1 aliphatic carbocycles. The molecule has 142 valence electrons. The Morgan fingerprint density at radius 3 is 2.33 bits per heavy atom. The fourth-order valence-electron chi connectivity index (χ4n) is 4.67. The highest BCUT2D eigenvalue weighted by atomic mass is 16.5. The number of carbonyl (C=O) groups is 1. The molecule has 27 heavy (non-hydrogen) atoms. The maximum Gasteiger partial charge on any atom is 0.314 e. The third kappa shape index (κ3) is 4.59. The Kier molecular flexibility index (Phi) is 5.88. The summed E-state index contributed by atoms with van der Waals surface area (Å²) < 4.78 is 6.03. The van der Waals surface area contributed by atoms with Crippen LogP contribution in [-0.2, 0) is 16.1 Å². The van der Waals surface area contributed by atoms with Crippen LogP contribution in [0, 0.1) is 5.92 Å². The lowest BCUT2D eigenvalue weighted by Gasteiger charge is -2.24. The van der Waals surface area contributed by atoms with E-state index in [-0.39, 0.29) is 18.0 Å². The van der Waals surface area contributed by atoms with Gasteiger partial charge in [0.2, 0.25) is 0 Å². The van der Waals surface area contributed by atoms with Crippen LogP contribution in [0.4, 0.5) is 0 Å². The molecule has 3 heteroatoms. The molecule has 1 heterocycles. The number of nitrogens with zero attached hydrogens (tertiary/aromatic N) is 1. The van der Waals surface area contributed by atoms with Crippen molar-refractivity contribution in [2.24, 2.45) is 5.92 Å². The Bertz CT molecular complexity index is 725. The molecule has 2 atom stereocenters. The average Bonchev–Trinajstić information content (AvgIpc) is 3.36. The van der Waals surface area contributed by atoms with E-state index in [9.17, 15) is 4.79 Å². The van der Waals surface area contributed by atoms with Crippen molar-refractivity contribution in [3.05, 3.63) is 71.8 Å². The van der Waals surface area contributed by atoms with Gasteiger partial charge in [0.05, 0.1) is 5.92 Å². The van der Waals surface area contributed by atoms with Gasteiger partial charge in [0, 0.05) is 19.6 Å². The third-order valence-electron chi connectivity index (χ3n) is 6.04. The van der Waals surface area contributed by atoms with Crippen LogP contribution in [0.3, 0.4) is 0 Å². The van der Waals surface area contributed by atoms with Crippen LogP contribution in [0.15, 0.2) is 60.7 Å². The summed E-state index contributed by atoms with van der Waals surface area (Å²) in [5.41, 5.74) is 2.44. The zero-order valence-corrected chi connectivity index (χ0v) is 15.9. The van der Waals surface area contributed by atoms with E-state index in [2.05, 4.69) is 41.3 Å². The minimum Gasteiger partial charge on any atom is -0.460 e. The van der Waals surface area contributed by atoms with Crippen LogP contribution < -0.4 is 0 Å². The molecule has 2 fully saturated rings. The van der Waals surface area contributed by atoms with Gasteiger partial charge in [-0.05, 0) is 36.3 Å². The van der Waals surface area contributed by atoms with E-state index in [0.717, 1.165) is 44.5 Å². The zero-order chi connectivity index (χ0) is 18.5. The van der Waals surface area contributed by atoms with Crippen molar-refractivity contribution in [2.75, 3.05) is 13.1 Å². The van der Waals surface area contributed by atoms with Crippen molar-refractivity contribution in [3.63, 3.8) is 0 Å². The van der Waals surface area contributed by atoms with Crippen molar-refractivity contribution in [3.8, 4) is 0 Å². The molecule has 1 saturated heterocycles. The molecule has 0 spiro atoms. The van der Waals surface area contributed by atoms with Gasteiger partial charge in [0.25, 0.3) is 0 Å². The summed E-state index contributed by atoms with van der Waals surface area (Å²) in [7, 11) is 0. The lowest BCUT2D eigenvalue weighted by Crippen LogP contribution is -2.29. The smallest absolute Gasteiger partial charge is 0.314 e. The standard InChI is InChI=1S/C24H29NO2/c26-24(23(21-13-7-8-14-21)20-11-5-2-6-12-20)27-22-15-16-25(18-22)17-19-9-3-1-4-10-19/h1-6,9-12,21-23H,7-8,13-18H2/t22-,23+/m0/s1. The number of hydrogen-bond donors (Lipinski definition) is 0. The number of hydrogen-bond acceptors (Lipinski definition) is 3. The molecule has 1 aliphatic heterocycles. The van der Waals surface area contributed by atoms with Gasteiger partial charge in [-0.3, -0.25) is 9.69 Å². The molecule has 1 saturated carbocycles. The van der Waals surface area contributed by atoms with E-state index < -0.39 is 0 Å². The highest BCUT2D eigenvalue weighted by Gasteiger charge is 2.35. The fraction of sp³-hybridized carbons (Fsp3) is 0.458. The van der Waals surface area contributed by atoms with Gasteiger partial charge >= 0.3 is 5.97 Å². The van der Waals surface area contributed by atoms with E-state index in [1.54, 1.807) is 0 Å². The number of likely N-dealkylation sites (tertiary alicyclic amines) is 1. The molecule has 2 aromatic carbocycles. The van der Waals surface area contributed by atoms with Crippen LogP contribution >= 0.6 is 0 Å². The molecule has 0 amide bonds. The molecule has 0 radical (unpaired) electrons. The summed E-state index contributed by atoms with van der Waals surface area (Å²) in [6.07, 6.45) is 5.70. The van der Waals surface area contributed by atoms with Gasteiger partial charge in [0.1, 0.15) is 6.10 Å². The maximum atomic E-state index is 13.1. The van der Waals surface area contributed by atoms with Crippen molar-refractivity contribution < 1.29 is 9.53 Å². The number of carbonyl (C=O) groups excluding carboxylic acids is 1. The third-order valence-corrected chi connectivity index (χ3v) is 6.04. The van der Waals surface area contributed by atoms with Crippen molar-refractivity contribution in [1.29, 1.82) is 0 Å². The van der Waals surface area contributed by atoms with Gasteiger partial charge < -0.3 is 4.74 Å². The van der Waals surface area contributed by atoms with Gasteiger partial charge in [-0.25, -0.2) is 0 Å². The average molecular weight is 364 g/mol. The van der Waals surface area contributed by atoms with Crippen molar-refractivity contribution in [2.45, 2.75) is 50.7 Å². The van der Waals surface area contributed by atoms with Crippen molar-refractivity contribution in [1.82, 2.24) is 4.90 Å². The van der Waals surface area contributed by atoms with Crippen LogP contribution in [0.25, 0.3) is 0 Å². The predicted octanol–water partition coefficient (Wildman–Crippen LogP) is 4.78. The maximum absolute atomic E-state index is 13.1. The number of esters is 1. The molecule has 0 N–H and O–H groups in total. The van der Waals surface area contributed by atoms with Crippen LogP contribution in [0.1, 0.15) is 49.1 Å². The normalized spacial score (nSPS) is 22.0. The largest absolute Gasteiger partial charge is 0.460 e. The Hall–Kier alpha value is -2.13. The Labute approximate surface area is 162 Å². The summed E-state index contributed by atoms with van der Waals surface area (Å²) in [5, 5.41) is 0. The second-order valence-electron chi connectivity index (χ2n) is 8.00. The fourth-order valence-corrected chi connectivity index (χ4v) is 4.67. The highest BCUT2D eigenvalue weighted by molar-refractivity contribution is 5.78. The molecule has 4 rings (SSSR count). The SMILES string of the molecule is O=C(O[C@H]1CCN(Cc2ccccc2)C1)[C@H](c1ccccc1)C1CCCC1. The summed E-state index contributed by atoms with van der Waals surface area (Å²) in [6, 6.07) is 20.8. The first-order valence-electron chi connectivity index (χ1n) is 10.3. The summed E-state index contributed by atoms with van der Waals surface area (Å²) in [4.78, 5) is 15.5. The van der Waals surface area contributed by atoms with Gasteiger partial charge in [0.15, 0.2) is 0 Å². The molecule has 3 nitrogen and oxygen atoms in total. The van der Waals surface area contributed by atoms with Crippen LogP contribution in [-0.4, -0.2) is 30.1 Å². The monoisotopic (exact) mass is 363 g/mol. The molecule has 0 aromatic heterocycles. The minimum atomic E-state index is -0.100. The molecule has 2 aliphatic rings. The minimum absolute atomic E-state index is 0.0142. The van der Waals surface area contributed by atoms with Crippen molar-refractivity contribution >= 4 is 5.97 Å². The van der Waals surface area contributed by atoms with E-state index in [0.29, 0.717) is 5.92 Å². The summed E-state index contributed by atoms with van der Waals surface area (Å²) in [5.74, 6) is 0.318. The first-order valence-corrected chi connectivity index (χ1v) is 10.3. The lowest BCUT2D eigenvalue weighted by atomic mass is 9.85. The molecular formula is C24H29NO2. The number of ether oxygens (including phenoxy) is 1. The lowest BCUT2D eigenvalue weighted by molar-refractivity contribution is -0.151.